The Morgan fingerprint density at radius 1 is 1.23 bits per heavy atom. The molecule has 2 aromatic rings. The van der Waals surface area contributed by atoms with Gasteiger partial charge in [-0.3, -0.25) is 4.79 Å². The number of likely N-dealkylation sites (tertiary alicyclic amines) is 1. The Bertz CT molecular complexity index is 686. The lowest BCUT2D eigenvalue weighted by Gasteiger charge is -2.25. The third kappa shape index (κ3) is 3.09. The van der Waals surface area contributed by atoms with E-state index in [-0.39, 0.29) is 11.9 Å². The van der Waals surface area contributed by atoms with Crippen LogP contribution < -0.4 is 5.73 Å². The average molecular weight is 315 g/mol. The molecule has 1 fully saturated rings. The first-order valence-corrected chi connectivity index (χ1v) is 7.93. The number of nitrogen functional groups attached to an aromatic ring is 1. The summed E-state index contributed by atoms with van der Waals surface area (Å²) in [6, 6.07) is 15.2. The van der Waals surface area contributed by atoms with Crippen molar-refractivity contribution in [1.82, 2.24) is 4.90 Å². The molecule has 1 amide bonds. The molecule has 1 atom stereocenters. The fourth-order valence-corrected chi connectivity index (χ4v) is 3.28. The highest BCUT2D eigenvalue weighted by molar-refractivity contribution is 6.31. The second-order valence-corrected chi connectivity index (χ2v) is 6.12. The van der Waals surface area contributed by atoms with Crippen molar-refractivity contribution >= 4 is 23.2 Å². The van der Waals surface area contributed by atoms with Gasteiger partial charge in [0.05, 0.1) is 0 Å². The molecule has 0 saturated carbocycles. The molecule has 1 unspecified atom stereocenters. The van der Waals surface area contributed by atoms with E-state index >= 15 is 0 Å². The van der Waals surface area contributed by atoms with Gasteiger partial charge in [-0.05, 0) is 49.1 Å². The summed E-state index contributed by atoms with van der Waals surface area (Å²) >= 11 is 6.25. The third-order valence-corrected chi connectivity index (χ3v) is 4.55. The first kappa shape index (κ1) is 14.9. The van der Waals surface area contributed by atoms with E-state index in [2.05, 4.69) is 0 Å². The van der Waals surface area contributed by atoms with Gasteiger partial charge in [-0.25, -0.2) is 0 Å². The standard InChI is InChI=1S/C18H19ClN2O/c19-17-9-2-1-5-13(17)12-16-8-4-10-21(16)18(22)14-6-3-7-15(20)11-14/h1-3,5-7,9,11,16H,4,8,10,12,20H2. The summed E-state index contributed by atoms with van der Waals surface area (Å²) in [4.78, 5) is 14.7. The lowest BCUT2D eigenvalue weighted by Crippen LogP contribution is -2.36. The molecule has 2 N–H and O–H groups in total. The normalized spacial score (nSPS) is 17.7. The molecule has 1 aliphatic rings. The van der Waals surface area contributed by atoms with E-state index < -0.39 is 0 Å². The number of nitrogens with zero attached hydrogens (tertiary/aromatic N) is 1. The smallest absolute Gasteiger partial charge is 0.254 e. The van der Waals surface area contributed by atoms with Crippen LogP contribution in [-0.4, -0.2) is 23.4 Å². The topological polar surface area (TPSA) is 46.3 Å². The highest BCUT2D eigenvalue weighted by atomic mass is 35.5. The number of anilines is 1. The molecule has 22 heavy (non-hydrogen) atoms. The number of carbonyl (C=O) groups excluding carboxylic acids is 1. The number of rotatable bonds is 3. The minimum Gasteiger partial charge on any atom is -0.399 e. The van der Waals surface area contributed by atoms with Gasteiger partial charge in [-0.2, -0.15) is 0 Å². The molecular weight excluding hydrogens is 296 g/mol. The lowest BCUT2D eigenvalue weighted by molar-refractivity contribution is 0.0736. The van der Waals surface area contributed by atoms with Gasteiger partial charge in [0.25, 0.3) is 5.91 Å². The minimum atomic E-state index is 0.0573. The molecule has 0 bridgehead atoms. The highest BCUT2D eigenvalue weighted by Gasteiger charge is 2.29. The van der Waals surface area contributed by atoms with E-state index in [0.717, 1.165) is 36.4 Å². The van der Waals surface area contributed by atoms with Crippen LogP contribution in [0.2, 0.25) is 5.02 Å². The Morgan fingerprint density at radius 3 is 2.82 bits per heavy atom. The van der Waals surface area contributed by atoms with Crippen LogP contribution in [0.25, 0.3) is 0 Å². The van der Waals surface area contributed by atoms with Crippen LogP contribution in [0.1, 0.15) is 28.8 Å². The zero-order valence-corrected chi connectivity index (χ0v) is 13.1. The van der Waals surface area contributed by atoms with Crippen molar-refractivity contribution in [3.8, 4) is 0 Å². The Labute approximate surface area is 135 Å². The summed E-state index contributed by atoms with van der Waals surface area (Å²) in [6.45, 7) is 0.794. The van der Waals surface area contributed by atoms with Crippen LogP contribution in [0.4, 0.5) is 5.69 Å². The minimum absolute atomic E-state index is 0.0573. The van der Waals surface area contributed by atoms with Crippen LogP contribution in [-0.2, 0) is 6.42 Å². The monoisotopic (exact) mass is 314 g/mol. The SMILES string of the molecule is Nc1cccc(C(=O)N2CCCC2Cc2ccccc2Cl)c1. The number of hydrogen-bond acceptors (Lipinski definition) is 2. The molecule has 2 aromatic carbocycles. The first-order valence-electron chi connectivity index (χ1n) is 7.55. The molecule has 4 heteroatoms. The van der Waals surface area contributed by atoms with Crippen molar-refractivity contribution in [3.05, 3.63) is 64.7 Å². The summed E-state index contributed by atoms with van der Waals surface area (Å²) in [5.41, 5.74) is 8.16. The third-order valence-electron chi connectivity index (χ3n) is 4.18. The van der Waals surface area contributed by atoms with Crippen molar-refractivity contribution < 1.29 is 4.79 Å². The van der Waals surface area contributed by atoms with Crippen LogP contribution in [0.3, 0.4) is 0 Å². The molecule has 114 valence electrons. The van der Waals surface area contributed by atoms with Crippen molar-refractivity contribution in [1.29, 1.82) is 0 Å². The second-order valence-electron chi connectivity index (χ2n) is 5.72. The Balaban J connectivity index is 1.78. The van der Waals surface area contributed by atoms with Gasteiger partial charge in [0.15, 0.2) is 0 Å². The van der Waals surface area contributed by atoms with Crippen LogP contribution in [0, 0.1) is 0 Å². The van der Waals surface area contributed by atoms with E-state index in [1.54, 1.807) is 12.1 Å². The van der Waals surface area contributed by atoms with Gasteiger partial charge in [-0.15, -0.1) is 0 Å². The maximum absolute atomic E-state index is 12.7. The summed E-state index contributed by atoms with van der Waals surface area (Å²) in [6.07, 6.45) is 2.84. The summed E-state index contributed by atoms with van der Waals surface area (Å²) in [5.74, 6) is 0.0573. The Morgan fingerprint density at radius 2 is 2.05 bits per heavy atom. The molecule has 1 heterocycles. The second kappa shape index (κ2) is 6.41. The largest absolute Gasteiger partial charge is 0.399 e. The van der Waals surface area contributed by atoms with Gasteiger partial charge in [0, 0.05) is 28.9 Å². The zero-order valence-electron chi connectivity index (χ0n) is 12.3. The molecule has 0 spiro atoms. The van der Waals surface area contributed by atoms with Crippen LogP contribution in [0.5, 0.6) is 0 Å². The lowest BCUT2D eigenvalue weighted by atomic mass is 10.0. The van der Waals surface area contributed by atoms with Crippen molar-refractivity contribution in [3.63, 3.8) is 0 Å². The van der Waals surface area contributed by atoms with Crippen molar-refractivity contribution in [2.75, 3.05) is 12.3 Å². The quantitative estimate of drug-likeness (QED) is 0.877. The fraction of sp³-hybridized carbons (Fsp3) is 0.278. The first-order chi connectivity index (χ1) is 10.6. The summed E-state index contributed by atoms with van der Waals surface area (Å²) in [7, 11) is 0. The molecule has 3 rings (SSSR count). The van der Waals surface area contributed by atoms with E-state index in [4.69, 9.17) is 17.3 Å². The molecule has 0 aliphatic carbocycles. The van der Waals surface area contributed by atoms with E-state index in [1.807, 2.05) is 41.3 Å². The van der Waals surface area contributed by atoms with E-state index in [1.165, 1.54) is 0 Å². The van der Waals surface area contributed by atoms with Crippen LogP contribution in [0.15, 0.2) is 48.5 Å². The molecule has 0 aromatic heterocycles. The van der Waals surface area contributed by atoms with Gasteiger partial charge in [0.1, 0.15) is 0 Å². The number of benzene rings is 2. The maximum atomic E-state index is 12.7. The zero-order chi connectivity index (χ0) is 15.5. The van der Waals surface area contributed by atoms with Crippen LogP contribution >= 0.6 is 11.6 Å². The molecular formula is C18H19ClN2O. The average Bonchev–Trinajstić information content (AvgIpc) is 2.97. The predicted molar refractivity (Wildman–Crippen MR) is 90.1 cm³/mol. The molecule has 3 nitrogen and oxygen atoms in total. The number of amides is 1. The fourth-order valence-electron chi connectivity index (χ4n) is 3.07. The van der Waals surface area contributed by atoms with E-state index in [9.17, 15) is 4.79 Å². The van der Waals surface area contributed by atoms with Crippen molar-refractivity contribution in [2.45, 2.75) is 25.3 Å². The van der Waals surface area contributed by atoms with Gasteiger partial charge in [0.2, 0.25) is 0 Å². The molecule has 1 aliphatic heterocycles. The van der Waals surface area contributed by atoms with Gasteiger partial charge in [-0.1, -0.05) is 35.9 Å². The Kier molecular flexibility index (Phi) is 4.34. The summed E-state index contributed by atoms with van der Waals surface area (Å²) in [5, 5.41) is 0.769. The number of carbonyl (C=O) groups is 1. The number of halogens is 1. The number of nitrogens with two attached hydrogens (primary N) is 1. The molecule has 0 radical (unpaired) electrons. The number of hydrogen-bond donors (Lipinski definition) is 1. The van der Waals surface area contributed by atoms with E-state index in [0.29, 0.717) is 11.3 Å². The highest BCUT2D eigenvalue weighted by Crippen LogP contribution is 2.26. The Hall–Kier alpha value is -2.00. The predicted octanol–water partition coefficient (Wildman–Crippen LogP) is 3.77. The maximum Gasteiger partial charge on any atom is 0.254 e. The van der Waals surface area contributed by atoms with Crippen molar-refractivity contribution in [2.24, 2.45) is 0 Å². The van der Waals surface area contributed by atoms with Gasteiger partial charge >= 0.3 is 0 Å². The summed E-state index contributed by atoms with van der Waals surface area (Å²) < 4.78 is 0. The van der Waals surface area contributed by atoms with Gasteiger partial charge < -0.3 is 10.6 Å². The molecule has 1 saturated heterocycles.